The lowest BCUT2D eigenvalue weighted by Gasteiger charge is -2.11. The lowest BCUT2D eigenvalue weighted by Crippen LogP contribution is -2.02. The van der Waals surface area contributed by atoms with Crippen LogP contribution in [0.4, 0.5) is 8.78 Å². The molecule has 0 aliphatic rings. The molecule has 0 fully saturated rings. The molecule has 0 N–H and O–H groups in total. The van der Waals surface area contributed by atoms with Crippen LogP contribution in [-0.2, 0) is 0 Å². The normalized spacial score (nSPS) is 12.5. The minimum Gasteiger partial charge on any atom is -0.435 e. The summed E-state index contributed by atoms with van der Waals surface area (Å²) in [6.45, 7) is -2.83. The zero-order valence-corrected chi connectivity index (χ0v) is 11.2. The predicted octanol–water partition coefficient (Wildman–Crippen LogP) is 5.27. The van der Waals surface area contributed by atoms with Gasteiger partial charge in [0.25, 0.3) is 0 Å². The van der Waals surface area contributed by atoms with Crippen LogP contribution in [-0.4, -0.2) is 6.61 Å². The predicted molar refractivity (Wildman–Crippen MR) is 72.2 cm³/mol. The van der Waals surface area contributed by atoms with Crippen molar-refractivity contribution in [3.05, 3.63) is 64.7 Å². The number of hydrogen-bond donors (Lipinski definition) is 0. The fourth-order valence-electron chi connectivity index (χ4n) is 1.64. The Morgan fingerprint density at radius 1 is 0.842 bits per heavy atom. The minimum absolute atomic E-state index is 0.110. The molecule has 0 radical (unpaired) electrons. The molecular formula is C14H10Cl2F2O. The molecule has 2 rings (SSSR count). The van der Waals surface area contributed by atoms with Crippen molar-refractivity contribution in [3.63, 3.8) is 0 Å². The fourth-order valence-corrected chi connectivity index (χ4v) is 2.06. The summed E-state index contributed by atoms with van der Waals surface area (Å²) in [6.07, 6.45) is 0. The SMILES string of the molecule is FC(F)Oc1ccc(C(Cl)c2ccc(Cl)cc2)cc1. The Morgan fingerprint density at radius 3 is 1.79 bits per heavy atom. The summed E-state index contributed by atoms with van der Waals surface area (Å²) >= 11 is 12.1. The van der Waals surface area contributed by atoms with Gasteiger partial charge >= 0.3 is 6.61 Å². The largest absolute Gasteiger partial charge is 0.435 e. The van der Waals surface area contributed by atoms with Crippen molar-refractivity contribution in [2.24, 2.45) is 0 Å². The van der Waals surface area contributed by atoms with Crippen molar-refractivity contribution in [3.8, 4) is 5.75 Å². The summed E-state index contributed by atoms with van der Waals surface area (Å²) < 4.78 is 28.3. The Hall–Kier alpha value is -1.32. The quantitative estimate of drug-likeness (QED) is 0.699. The summed E-state index contributed by atoms with van der Waals surface area (Å²) in [6, 6.07) is 13.4. The van der Waals surface area contributed by atoms with Gasteiger partial charge in [0.15, 0.2) is 0 Å². The first-order chi connectivity index (χ1) is 9.06. The number of benzene rings is 2. The van der Waals surface area contributed by atoms with E-state index in [1.54, 1.807) is 24.3 Å². The minimum atomic E-state index is -2.83. The van der Waals surface area contributed by atoms with Gasteiger partial charge in [-0.2, -0.15) is 8.78 Å². The molecular weight excluding hydrogens is 293 g/mol. The van der Waals surface area contributed by atoms with Crippen LogP contribution in [0.2, 0.25) is 5.02 Å². The Morgan fingerprint density at radius 2 is 1.32 bits per heavy atom. The highest BCUT2D eigenvalue weighted by Crippen LogP contribution is 2.30. The van der Waals surface area contributed by atoms with E-state index in [0.717, 1.165) is 11.1 Å². The first kappa shape index (κ1) is 14.1. The van der Waals surface area contributed by atoms with Crippen LogP contribution in [0, 0.1) is 0 Å². The number of ether oxygens (including phenoxy) is 1. The number of rotatable bonds is 4. The summed E-state index contributed by atoms with van der Waals surface area (Å²) in [5, 5.41) is 0.270. The van der Waals surface area contributed by atoms with E-state index in [2.05, 4.69) is 4.74 Å². The number of hydrogen-bond acceptors (Lipinski definition) is 1. The molecule has 1 unspecified atom stereocenters. The maximum absolute atomic E-state index is 12.0. The van der Waals surface area contributed by atoms with Gasteiger partial charge in [-0.3, -0.25) is 0 Å². The fraction of sp³-hybridized carbons (Fsp3) is 0.143. The highest BCUT2D eigenvalue weighted by molar-refractivity contribution is 6.30. The van der Waals surface area contributed by atoms with Crippen molar-refractivity contribution in [2.45, 2.75) is 12.0 Å². The highest BCUT2D eigenvalue weighted by atomic mass is 35.5. The van der Waals surface area contributed by atoms with Gasteiger partial charge in [0.05, 0.1) is 5.38 Å². The van der Waals surface area contributed by atoms with Gasteiger partial charge in [-0.15, -0.1) is 11.6 Å². The van der Waals surface area contributed by atoms with Crippen LogP contribution in [0.3, 0.4) is 0 Å². The zero-order chi connectivity index (χ0) is 13.8. The molecule has 0 bridgehead atoms. The van der Waals surface area contributed by atoms with Gasteiger partial charge in [0.2, 0.25) is 0 Å². The Labute approximate surface area is 119 Å². The number of alkyl halides is 3. The second kappa shape index (κ2) is 6.22. The van der Waals surface area contributed by atoms with Gasteiger partial charge in [0, 0.05) is 5.02 Å². The molecule has 2 aromatic rings. The van der Waals surface area contributed by atoms with Crippen LogP contribution >= 0.6 is 23.2 Å². The van der Waals surface area contributed by atoms with Gasteiger partial charge in [-0.1, -0.05) is 35.9 Å². The molecule has 5 heteroatoms. The molecule has 0 amide bonds. The van der Waals surface area contributed by atoms with E-state index in [4.69, 9.17) is 23.2 Å². The van der Waals surface area contributed by atoms with Crippen molar-refractivity contribution in [1.82, 2.24) is 0 Å². The third-order valence-corrected chi connectivity index (χ3v) is 3.32. The second-order valence-electron chi connectivity index (χ2n) is 3.86. The molecule has 100 valence electrons. The molecule has 0 saturated carbocycles. The van der Waals surface area contributed by atoms with Crippen LogP contribution in [0.5, 0.6) is 5.75 Å². The Bertz CT molecular complexity index is 526. The zero-order valence-electron chi connectivity index (χ0n) is 9.69. The average molecular weight is 303 g/mol. The molecule has 0 heterocycles. The smallest absolute Gasteiger partial charge is 0.387 e. The van der Waals surface area contributed by atoms with Gasteiger partial charge in [-0.05, 0) is 35.4 Å². The lowest BCUT2D eigenvalue weighted by molar-refractivity contribution is -0.0498. The van der Waals surface area contributed by atoms with Crippen LogP contribution in [0.1, 0.15) is 16.5 Å². The Balaban J connectivity index is 2.15. The van der Waals surface area contributed by atoms with Crippen molar-refractivity contribution in [1.29, 1.82) is 0 Å². The van der Waals surface area contributed by atoms with Crippen molar-refractivity contribution < 1.29 is 13.5 Å². The molecule has 0 spiro atoms. The monoisotopic (exact) mass is 302 g/mol. The molecule has 19 heavy (non-hydrogen) atoms. The second-order valence-corrected chi connectivity index (χ2v) is 4.73. The van der Waals surface area contributed by atoms with E-state index in [0.29, 0.717) is 5.02 Å². The maximum atomic E-state index is 12.0. The molecule has 1 atom stereocenters. The molecule has 0 aromatic heterocycles. The first-order valence-corrected chi connectivity index (χ1v) is 6.32. The van der Waals surface area contributed by atoms with E-state index in [-0.39, 0.29) is 11.1 Å². The van der Waals surface area contributed by atoms with E-state index in [1.807, 2.05) is 12.1 Å². The molecule has 1 nitrogen and oxygen atoms in total. The molecule has 0 saturated heterocycles. The maximum Gasteiger partial charge on any atom is 0.387 e. The van der Waals surface area contributed by atoms with Crippen LogP contribution in [0.15, 0.2) is 48.5 Å². The van der Waals surface area contributed by atoms with Crippen LogP contribution in [0.25, 0.3) is 0 Å². The summed E-state index contributed by atoms with van der Waals surface area (Å²) in [5.41, 5.74) is 1.68. The standard InChI is InChI=1S/C14H10Cl2F2O/c15-11-5-1-9(2-6-11)13(16)10-3-7-12(8-4-10)19-14(17)18/h1-8,13-14H. The third-order valence-electron chi connectivity index (χ3n) is 2.56. The van der Waals surface area contributed by atoms with Crippen LogP contribution < -0.4 is 4.74 Å². The van der Waals surface area contributed by atoms with E-state index >= 15 is 0 Å². The van der Waals surface area contributed by atoms with E-state index in [1.165, 1.54) is 12.1 Å². The molecule has 2 aromatic carbocycles. The molecule has 0 aliphatic heterocycles. The first-order valence-electron chi connectivity index (χ1n) is 5.50. The van der Waals surface area contributed by atoms with Crippen molar-refractivity contribution >= 4 is 23.2 Å². The van der Waals surface area contributed by atoms with Gasteiger partial charge < -0.3 is 4.74 Å². The summed E-state index contributed by atoms with van der Waals surface area (Å²) in [4.78, 5) is 0. The third kappa shape index (κ3) is 3.82. The van der Waals surface area contributed by atoms with Gasteiger partial charge in [-0.25, -0.2) is 0 Å². The van der Waals surface area contributed by atoms with Gasteiger partial charge in [0.1, 0.15) is 5.75 Å². The highest BCUT2D eigenvalue weighted by Gasteiger charge is 2.11. The number of halogens is 4. The lowest BCUT2D eigenvalue weighted by atomic mass is 10.0. The average Bonchev–Trinajstić information content (AvgIpc) is 2.39. The van der Waals surface area contributed by atoms with E-state index in [9.17, 15) is 8.78 Å². The topological polar surface area (TPSA) is 9.23 Å². The summed E-state index contributed by atoms with van der Waals surface area (Å²) in [7, 11) is 0. The van der Waals surface area contributed by atoms with E-state index < -0.39 is 6.61 Å². The van der Waals surface area contributed by atoms with Crippen molar-refractivity contribution in [2.75, 3.05) is 0 Å². The summed E-state index contributed by atoms with van der Waals surface area (Å²) in [5.74, 6) is 0.110. The Kier molecular flexibility index (Phi) is 4.61. The molecule has 0 aliphatic carbocycles.